The first-order valence-electron chi connectivity index (χ1n) is 7.27. The molecule has 1 aromatic carbocycles. The lowest BCUT2D eigenvalue weighted by molar-refractivity contribution is -0.133. The second-order valence-electron chi connectivity index (χ2n) is 5.87. The Labute approximate surface area is 127 Å². The van der Waals surface area contributed by atoms with Gasteiger partial charge in [-0.25, -0.2) is 8.78 Å². The molecule has 2 fully saturated rings. The number of Topliss-reactive ketones (excluding diaryl/α,β-unsaturated/α-hetero) is 1. The second-order valence-corrected chi connectivity index (χ2v) is 6.97. The van der Waals surface area contributed by atoms with E-state index >= 15 is 0 Å². The first-order valence-corrected chi connectivity index (χ1v) is 8.42. The molecule has 2 unspecified atom stereocenters. The monoisotopic (exact) mass is 312 g/mol. The molecule has 3 rings (SSSR count). The summed E-state index contributed by atoms with van der Waals surface area (Å²) < 4.78 is 33.2. The maximum Gasteiger partial charge on any atom is 0.140 e. The molecule has 1 spiro atoms. The first kappa shape index (κ1) is 15.0. The summed E-state index contributed by atoms with van der Waals surface area (Å²) in [6, 6.07) is 3.72. The Morgan fingerprint density at radius 3 is 2.81 bits per heavy atom. The molecule has 0 aromatic heterocycles. The molecule has 0 aliphatic carbocycles. The van der Waals surface area contributed by atoms with E-state index in [4.69, 9.17) is 4.74 Å². The number of thioether (sulfide) groups is 1. The maximum atomic E-state index is 13.7. The van der Waals surface area contributed by atoms with E-state index in [-0.39, 0.29) is 29.3 Å². The van der Waals surface area contributed by atoms with E-state index < -0.39 is 11.6 Å². The van der Waals surface area contributed by atoms with Crippen LogP contribution < -0.4 is 0 Å². The number of carbonyl (C=O) groups excluding carboxylic acids is 1. The highest BCUT2D eigenvalue weighted by atomic mass is 32.2. The summed E-state index contributed by atoms with van der Waals surface area (Å²) in [5, 5.41) is 0. The van der Waals surface area contributed by atoms with Crippen LogP contribution in [-0.4, -0.2) is 29.5 Å². The average Bonchev–Trinajstić information content (AvgIpc) is 2.91. The van der Waals surface area contributed by atoms with Crippen LogP contribution in [0.25, 0.3) is 0 Å². The molecule has 2 aliphatic rings. The van der Waals surface area contributed by atoms with Gasteiger partial charge in [-0.05, 0) is 37.1 Å². The fourth-order valence-electron chi connectivity index (χ4n) is 3.19. The summed E-state index contributed by atoms with van der Waals surface area (Å²) in [4.78, 5) is 12.4. The Morgan fingerprint density at radius 2 is 2.14 bits per heavy atom. The molecular weight excluding hydrogens is 294 g/mol. The van der Waals surface area contributed by atoms with Crippen molar-refractivity contribution in [2.45, 2.75) is 31.3 Å². The topological polar surface area (TPSA) is 26.3 Å². The van der Waals surface area contributed by atoms with Crippen molar-refractivity contribution < 1.29 is 18.3 Å². The molecule has 2 aliphatic heterocycles. The van der Waals surface area contributed by atoms with Gasteiger partial charge in [0.1, 0.15) is 17.4 Å². The molecule has 21 heavy (non-hydrogen) atoms. The summed E-state index contributed by atoms with van der Waals surface area (Å²) in [6.07, 6.45) is 2.15. The Bertz CT molecular complexity index is 521. The Morgan fingerprint density at radius 1 is 1.38 bits per heavy atom. The van der Waals surface area contributed by atoms with Gasteiger partial charge in [-0.1, -0.05) is 6.07 Å². The molecule has 2 atom stereocenters. The van der Waals surface area contributed by atoms with E-state index in [1.165, 1.54) is 18.2 Å². The zero-order valence-corrected chi connectivity index (χ0v) is 12.6. The van der Waals surface area contributed by atoms with Gasteiger partial charge in [0.25, 0.3) is 0 Å². The lowest BCUT2D eigenvalue weighted by atomic mass is 9.81. The Kier molecular flexibility index (Phi) is 4.31. The van der Waals surface area contributed by atoms with Crippen LogP contribution in [0, 0.1) is 17.6 Å². The summed E-state index contributed by atoms with van der Waals surface area (Å²) in [7, 11) is 0. The molecule has 2 nitrogen and oxygen atoms in total. The van der Waals surface area contributed by atoms with Gasteiger partial charge in [-0.15, -0.1) is 0 Å². The standard InChI is InChI=1S/C16H18F2O2S/c17-13-2-1-3-14(18)12(13)8-15(19)11-4-6-20-16(9-11)5-7-21-10-16/h1-3,11H,4-10H2. The number of rotatable bonds is 3. The summed E-state index contributed by atoms with van der Waals surface area (Å²) in [5.74, 6) is 0.492. The van der Waals surface area contributed by atoms with Gasteiger partial charge in [0.2, 0.25) is 0 Å². The van der Waals surface area contributed by atoms with E-state index in [0.717, 1.165) is 17.9 Å². The molecule has 2 heterocycles. The van der Waals surface area contributed by atoms with E-state index in [1.807, 2.05) is 11.8 Å². The SMILES string of the molecule is O=C(Cc1c(F)cccc1F)C1CCOC2(CCSC2)C1. The van der Waals surface area contributed by atoms with E-state index in [0.29, 0.717) is 19.4 Å². The van der Waals surface area contributed by atoms with E-state index in [2.05, 4.69) is 0 Å². The van der Waals surface area contributed by atoms with Crippen LogP contribution in [0.2, 0.25) is 0 Å². The molecule has 0 bridgehead atoms. The van der Waals surface area contributed by atoms with Crippen LogP contribution >= 0.6 is 11.8 Å². The number of benzene rings is 1. The molecule has 0 N–H and O–H groups in total. The number of hydrogen-bond acceptors (Lipinski definition) is 3. The number of carbonyl (C=O) groups is 1. The average molecular weight is 312 g/mol. The third-order valence-electron chi connectivity index (χ3n) is 4.43. The van der Waals surface area contributed by atoms with Crippen molar-refractivity contribution in [1.29, 1.82) is 0 Å². The minimum Gasteiger partial charge on any atom is -0.374 e. The third kappa shape index (κ3) is 3.14. The minimum atomic E-state index is -0.637. The van der Waals surface area contributed by atoms with E-state index in [1.54, 1.807) is 0 Å². The fraction of sp³-hybridized carbons (Fsp3) is 0.562. The molecule has 1 aromatic rings. The minimum absolute atomic E-state index is 0.0708. The summed E-state index contributed by atoms with van der Waals surface area (Å²) in [5.41, 5.74) is -0.291. The smallest absolute Gasteiger partial charge is 0.140 e. The summed E-state index contributed by atoms with van der Waals surface area (Å²) in [6.45, 7) is 0.566. The highest BCUT2D eigenvalue weighted by Gasteiger charge is 2.42. The van der Waals surface area contributed by atoms with Crippen LogP contribution in [0.15, 0.2) is 18.2 Å². The van der Waals surface area contributed by atoms with Crippen molar-refractivity contribution >= 4 is 17.5 Å². The highest BCUT2D eigenvalue weighted by Crippen LogP contribution is 2.40. The molecule has 0 amide bonds. The van der Waals surface area contributed by atoms with Crippen LogP contribution in [0.4, 0.5) is 8.78 Å². The zero-order chi connectivity index (χ0) is 14.9. The predicted molar refractivity (Wildman–Crippen MR) is 78.4 cm³/mol. The van der Waals surface area contributed by atoms with Gasteiger partial charge in [0, 0.05) is 30.3 Å². The summed E-state index contributed by atoms with van der Waals surface area (Å²) >= 11 is 1.85. The molecule has 114 valence electrons. The van der Waals surface area contributed by atoms with Gasteiger partial charge in [0.05, 0.1) is 5.60 Å². The van der Waals surface area contributed by atoms with Crippen molar-refractivity contribution in [3.05, 3.63) is 35.4 Å². The van der Waals surface area contributed by atoms with Crippen molar-refractivity contribution in [3.63, 3.8) is 0 Å². The fourth-order valence-corrected chi connectivity index (χ4v) is 4.56. The van der Waals surface area contributed by atoms with Gasteiger partial charge in [-0.3, -0.25) is 4.79 Å². The number of ether oxygens (including phenoxy) is 1. The molecule has 0 radical (unpaired) electrons. The lowest BCUT2D eigenvalue weighted by Crippen LogP contribution is -2.42. The van der Waals surface area contributed by atoms with Crippen LogP contribution in [0.5, 0.6) is 0 Å². The van der Waals surface area contributed by atoms with Gasteiger partial charge in [-0.2, -0.15) is 11.8 Å². The Hall–Kier alpha value is -0.940. The highest BCUT2D eigenvalue weighted by molar-refractivity contribution is 7.99. The largest absolute Gasteiger partial charge is 0.374 e. The first-order chi connectivity index (χ1) is 10.1. The second kappa shape index (κ2) is 6.05. The normalized spacial score (nSPS) is 29.0. The van der Waals surface area contributed by atoms with Crippen molar-refractivity contribution in [2.24, 2.45) is 5.92 Å². The number of ketones is 1. The predicted octanol–water partition coefficient (Wildman–Crippen LogP) is 3.38. The molecule has 0 saturated carbocycles. The molecule has 2 saturated heterocycles. The maximum absolute atomic E-state index is 13.7. The zero-order valence-electron chi connectivity index (χ0n) is 11.7. The van der Waals surface area contributed by atoms with Crippen LogP contribution in [-0.2, 0) is 16.0 Å². The third-order valence-corrected chi connectivity index (χ3v) is 5.65. The number of halogens is 2. The van der Waals surface area contributed by atoms with Crippen molar-refractivity contribution in [2.75, 3.05) is 18.1 Å². The molecule has 5 heteroatoms. The Balaban J connectivity index is 1.70. The van der Waals surface area contributed by atoms with Crippen LogP contribution in [0.1, 0.15) is 24.8 Å². The quantitative estimate of drug-likeness (QED) is 0.856. The number of hydrogen-bond donors (Lipinski definition) is 0. The van der Waals surface area contributed by atoms with Gasteiger partial charge < -0.3 is 4.74 Å². The molecular formula is C16H18F2O2S. The van der Waals surface area contributed by atoms with Gasteiger partial charge >= 0.3 is 0 Å². The van der Waals surface area contributed by atoms with E-state index in [9.17, 15) is 13.6 Å². The van der Waals surface area contributed by atoms with Gasteiger partial charge in [0.15, 0.2) is 0 Å². The lowest BCUT2D eigenvalue weighted by Gasteiger charge is -2.37. The van der Waals surface area contributed by atoms with Crippen molar-refractivity contribution in [3.8, 4) is 0 Å². The van der Waals surface area contributed by atoms with Crippen molar-refractivity contribution in [1.82, 2.24) is 0 Å². The van der Waals surface area contributed by atoms with Crippen LogP contribution in [0.3, 0.4) is 0 Å².